The van der Waals surface area contributed by atoms with Gasteiger partial charge in [0.2, 0.25) is 0 Å². The summed E-state index contributed by atoms with van der Waals surface area (Å²) in [6.07, 6.45) is -0.486. The molecule has 0 saturated heterocycles. The average Bonchev–Trinajstić information content (AvgIpc) is 2.29. The van der Waals surface area contributed by atoms with Crippen molar-refractivity contribution in [1.29, 1.82) is 0 Å². The van der Waals surface area contributed by atoms with Gasteiger partial charge >= 0.3 is 6.09 Å². The third-order valence-corrected chi connectivity index (χ3v) is 2.37. The first-order valence-electron chi connectivity index (χ1n) is 6.30. The summed E-state index contributed by atoms with van der Waals surface area (Å²) in [5, 5.41) is 2.56. The van der Waals surface area contributed by atoms with Gasteiger partial charge in [0.25, 0.3) is 0 Å². The fourth-order valence-electron chi connectivity index (χ4n) is 1.47. The molecule has 0 unspecified atom stereocenters. The van der Waals surface area contributed by atoms with Gasteiger partial charge in [0.05, 0.1) is 17.9 Å². The Balaban J connectivity index is 2.58. The predicted octanol–water partition coefficient (Wildman–Crippen LogP) is 2.04. The van der Waals surface area contributed by atoms with E-state index in [1.54, 1.807) is 26.8 Å². The maximum atomic E-state index is 11.4. The van der Waals surface area contributed by atoms with Crippen LogP contribution in [0.15, 0.2) is 12.1 Å². The molecule has 20 heavy (non-hydrogen) atoms. The molecule has 0 fully saturated rings. The molecule has 1 rings (SSSR count). The van der Waals surface area contributed by atoms with E-state index in [-0.39, 0.29) is 6.54 Å². The Morgan fingerprint density at radius 3 is 2.55 bits per heavy atom. The van der Waals surface area contributed by atoms with E-state index in [2.05, 4.69) is 17.2 Å². The van der Waals surface area contributed by atoms with Gasteiger partial charge in [-0.05, 0) is 45.4 Å². The van der Waals surface area contributed by atoms with Gasteiger partial charge < -0.3 is 21.5 Å². The van der Waals surface area contributed by atoms with E-state index >= 15 is 0 Å². The normalized spacial score (nSPS) is 10.4. The van der Waals surface area contributed by atoms with Crippen LogP contribution in [0, 0.1) is 18.8 Å². The van der Waals surface area contributed by atoms with Crippen molar-refractivity contribution in [2.45, 2.75) is 33.3 Å². The Kier molecular flexibility index (Phi) is 4.87. The minimum Gasteiger partial charge on any atom is -0.444 e. The first-order chi connectivity index (χ1) is 9.19. The number of hydrogen-bond acceptors (Lipinski definition) is 4. The molecule has 1 aromatic rings. The van der Waals surface area contributed by atoms with Crippen molar-refractivity contribution < 1.29 is 9.53 Å². The molecule has 0 aliphatic carbocycles. The van der Waals surface area contributed by atoms with Crippen molar-refractivity contribution in [2.24, 2.45) is 0 Å². The molecule has 0 saturated carbocycles. The highest BCUT2D eigenvalue weighted by Gasteiger charge is 2.14. The summed E-state index contributed by atoms with van der Waals surface area (Å²) in [6.45, 7) is 7.49. The van der Waals surface area contributed by atoms with Gasteiger partial charge in [0, 0.05) is 5.56 Å². The molecule has 5 nitrogen and oxygen atoms in total. The largest absolute Gasteiger partial charge is 0.444 e. The van der Waals surface area contributed by atoms with Crippen LogP contribution in [0.3, 0.4) is 0 Å². The molecule has 0 atom stereocenters. The second-order valence-corrected chi connectivity index (χ2v) is 5.45. The number of aryl methyl sites for hydroxylation is 1. The predicted molar refractivity (Wildman–Crippen MR) is 81.1 cm³/mol. The van der Waals surface area contributed by atoms with Gasteiger partial charge in [-0.2, -0.15) is 0 Å². The Bertz CT molecular complexity index is 540. The molecular weight excluding hydrogens is 254 g/mol. The third-order valence-electron chi connectivity index (χ3n) is 2.37. The van der Waals surface area contributed by atoms with Crippen molar-refractivity contribution in [3.63, 3.8) is 0 Å². The third kappa shape index (κ3) is 5.11. The van der Waals surface area contributed by atoms with Crippen molar-refractivity contribution in [3.05, 3.63) is 23.3 Å². The molecule has 0 bridgehead atoms. The first kappa shape index (κ1) is 15.7. The molecule has 0 spiro atoms. The van der Waals surface area contributed by atoms with Crippen LogP contribution in [0.5, 0.6) is 0 Å². The second kappa shape index (κ2) is 6.20. The van der Waals surface area contributed by atoms with Crippen LogP contribution in [0.25, 0.3) is 0 Å². The van der Waals surface area contributed by atoms with Crippen LogP contribution < -0.4 is 16.8 Å². The van der Waals surface area contributed by atoms with Gasteiger partial charge in [0.15, 0.2) is 0 Å². The zero-order chi connectivity index (χ0) is 15.3. The minimum atomic E-state index is -0.514. The summed E-state index contributed by atoms with van der Waals surface area (Å²) in [5.41, 5.74) is 13.7. The number of alkyl carbamates (subject to hydrolysis) is 1. The Morgan fingerprint density at radius 2 is 2.00 bits per heavy atom. The summed E-state index contributed by atoms with van der Waals surface area (Å²) in [5.74, 6) is 5.75. The van der Waals surface area contributed by atoms with E-state index in [9.17, 15) is 4.79 Å². The quantitative estimate of drug-likeness (QED) is 0.540. The number of anilines is 2. The maximum Gasteiger partial charge on any atom is 0.408 e. The van der Waals surface area contributed by atoms with Crippen LogP contribution in [0.1, 0.15) is 31.9 Å². The molecule has 1 aromatic carbocycles. The second-order valence-electron chi connectivity index (χ2n) is 5.45. The van der Waals surface area contributed by atoms with E-state index in [1.165, 1.54) is 0 Å². The fraction of sp³-hybridized carbons (Fsp3) is 0.400. The molecule has 0 aliphatic rings. The van der Waals surface area contributed by atoms with Gasteiger partial charge in [-0.3, -0.25) is 0 Å². The number of hydrogen-bond donors (Lipinski definition) is 3. The number of amides is 1. The van der Waals surface area contributed by atoms with Crippen molar-refractivity contribution in [2.75, 3.05) is 18.0 Å². The lowest BCUT2D eigenvalue weighted by Gasteiger charge is -2.19. The highest BCUT2D eigenvalue weighted by molar-refractivity contribution is 5.70. The highest BCUT2D eigenvalue weighted by Crippen LogP contribution is 2.20. The topological polar surface area (TPSA) is 90.4 Å². The van der Waals surface area contributed by atoms with Crippen LogP contribution in [-0.4, -0.2) is 18.2 Å². The van der Waals surface area contributed by atoms with E-state index in [0.717, 1.165) is 11.1 Å². The molecule has 5 heteroatoms. The number of nitrogens with two attached hydrogens (primary N) is 2. The molecule has 108 valence electrons. The van der Waals surface area contributed by atoms with E-state index in [0.29, 0.717) is 11.4 Å². The number of rotatable bonds is 1. The Labute approximate surface area is 119 Å². The van der Waals surface area contributed by atoms with Crippen molar-refractivity contribution >= 4 is 17.5 Å². The smallest absolute Gasteiger partial charge is 0.408 e. The lowest BCUT2D eigenvalue weighted by Crippen LogP contribution is -2.32. The molecular formula is C15H21N3O2. The summed E-state index contributed by atoms with van der Waals surface area (Å²) in [6, 6.07) is 3.56. The molecule has 0 heterocycles. The van der Waals surface area contributed by atoms with Crippen LogP contribution in [0.4, 0.5) is 16.2 Å². The van der Waals surface area contributed by atoms with E-state index in [4.69, 9.17) is 16.2 Å². The standard InChI is InChI=1S/C15H21N3O2/c1-10-8-11(9-12(16)13(10)17)6-5-7-18-14(19)20-15(2,3)4/h8-9H,7,16-17H2,1-4H3,(H,18,19). The van der Waals surface area contributed by atoms with E-state index < -0.39 is 11.7 Å². The first-order valence-corrected chi connectivity index (χ1v) is 6.30. The highest BCUT2D eigenvalue weighted by atomic mass is 16.6. The lowest BCUT2D eigenvalue weighted by atomic mass is 10.1. The van der Waals surface area contributed by atoms with Crippen molar-refractivity contribution in [1.82, 2.24) is 5.32 Å². The van der Waals surface area contributed by atoms with Gasteiger partial charge in [-0.25, -0.2) is 4.79 Å². The number of nitrogen functional groups attached to an aromatic ring is 2. The Hall–Kier alpha value is -2.35. The van der Waals surface area contributed by atoms with Crippen molar-refractivity contribution in [3.8, 4) is 11.8 Å². The van der Waals surface area contributed by atoms with Crippen LogP contribution >= 0.6 is 0 Å². The number of carbonyl (C=O) groups is 1. The fourth-order valence-corrected chi connectivity index (χ4v) is 1.47. The zero-order valence-corrected chi connectivity index (χ0v) is 12.3. The van der Waals surface area contributed by atoms with Gasteiger partial charge in [-0.15, -0.1) is 0 Å². The SMILES string of the molecule is Cc1cc(C#CCNC(=O)OC(C)(C)C)cc(N)c1N. The van der Waals surface area contributed by atoms with E-state index in [1.807, 2.05) is 13.0 Å². The molecule has 0 aromatic heterocycles. The molecule has 0 aliphatic heterocycles. The zero-order valence-electron chi connectivity index (χ0n) is 12.3. The van der Waals surface area contributed by atoms with Crippen LogP contribution in [-0.2, 0) is 4.74 Å². The average molecular weight is 275 g/mol. The minimum absolute atomic E-state index is 0.207. The Morgan fingerprint density at radius 1 is 1.35 bits per heavy atom. The number of carbonyl (C=O) groups excluding carboxylic acids is 1. The summed E-state index contributed by atoms with van der Waals surface area (Å²) < 4.78 is 5.09. The van der Waals surface area contributed by atoms with Gasteiger partial charge in [-0.1, -0.05) is 11.8 Å². The summed E-state index contributed by atoms with van der Waals surface area (Å²) >= 11 is 0. The molecule has 1 amide bonds. The summed E-state index contributed by atoms with van der Waals surface area (Å²) in [7, 11) is 0. The number of ether oxygens (including phenoxy) is 1. The van der Waals surface area contributed by atoms with Crippen LogP contribution in [0.2, 0.25) is 0 Å². The summed E-state index contributed by atoms with van der Waals surface area (Å²) in [4.78, 5) is 11.4. The maximum absolute atomic E-state index is 11.4. The van der Waals surface area contributed by atoms with Gasteiger partial charge in [0.1, 0.15) is 5.60 Å². The number of nitrogens with one attached hydrogen (secondary N) is 1. The lowest BCUT2D eigenvalue weighted by molar-refractivity contribution is 0.0535. The molecule has 5 N–H and O–H groups in total. The monoisotopic (exact) mass is 275 g/mol. The number of benzene rings is 1. The molecule has 0 radical (unpaired) electrons.